The number of piperidine rings is 1. The molecule has 2 heterocycles. The number of rotatable bonds is 2. The maximum absolute atomic E-state index is 12.6. The van der Waals surface area contributed by atoms with Gasteiger partial charge in [0.1, 0.15) is 5.60 Å². The quantitative estimate of drug-likeness (QED) is 0.842. The van der Waals surface area contributed by atoms with Crippen LogP contribution in [0.15, 0.2) is 29.4 Å². The third kappa shape index (κ3) is 4.52. The molecule has 1 aromatic rings. The molecule has 1 aliphatic rings. The second kappa shape index (κ2) is 6.56. The van der Waals surface area contributed by atoms with Crippen LogP contribution in [0.4, 0.5) is 4.79 Å². The van der Waals surface area contributed by atoms with Crippen LogP contribution >= 0.6 is 0 Å². The Hall–Kier alpha value is -1.43. The van der Waals surface area contributed by atoms with Gasteiger partial charge in [-0.1, -0.05) is 0 Å². The monoisotopic (exact) mass is 310 g/mol. The fraction of sp³-hybridized carbons (Fsp3) is 0.600. The summed E-state index contributed by atoms with van der Waals surface area (Å²) in [6.45, 7) is 6.69. The first kappa shape index (κ1) is 15.9. The molecule has 0 spiro atoms. The van der Waals surface area contributed by atoms with Crippen LogP contribution in [0.25, 0.3) is 0 Å². The third-order valence-electron chi connectivity index (χ3n) is 3.21. The predicted octanol–water partition coefficient (Wildman–Crippen LogP) is 2.59. The second-order valence-electron chi connectivity index (χ2n) is 6.17. The van der Waals surface area contributed by atoms with E-state index >= 15 is 0 Å². The lowest BCUT2D eigenvalue weighted by molar-refractivity contribution is 0.0219. The molecule has 116 valence electrons. The molecule has 0 N–H and O–H groups in total. The van der Waals surface area contributed by atoms with E-state index in [-0.39, 0.29) is 11.3 Å². The number of nitrogens with zero attached hydrogens (tertiary/aromatic N) is 2. The number of pyridine rings is 1. The van der Waals surface area contributed by atoms with Crippen LogP contribution in [-0.2, 0) is 15.5 Å². The highest BCUT2D eigenvalue weighted by molar-refractivity contribution is 7.85. The molecule has 1 amide bonds. The van der Waals surface area contributed by atoms with Crippen molar-refractivity contribution in [1.82, 2.24) is 9.88 Å². The Labute approximate surface area is 128 Å². The van der Waals surface area contributed by atoms with Crippen molar-refractivity contribution in [2.75, 3.05) is 13.1 Å². The molecule has 0 unspecified atom stereocenters. The summed E-state index contributed by atoms with van der Waals surface area (Å²) in [5, 5.41) is -0.0475. The fourth-order valence-electron chi connectivity index (χ4n) is 2.27. The van der Waals surface area contributed by atoms with Gasteiger partial charge in [0.2, 0.25) is 0 Å². The van der Waals surface area contributed by atoms with Gasteiger partial charge in [-0.3, -0.25) is 9.19 Å². The number of hydrogen-bond acceptors (Lipinski definition) is 4. The first-order valence-corrected chi connectivity index (χ1v) is 8.36. The molecule has 1 aromatic heterocycles. The van der Waals surface area contributed by atoms with Crippen molar-refractivity contribution in [1.29, 1.82) is 0 Å². The van der Waals surface area contributed by atoms with Crippen LogP contribution in [0.2, 0.25) is 0 Å². The van der Waals surface area contributed by atoms with Gasteiger partial charge in [-0.25, -0.2) is 4.79 Å². The Balaban J connectivity index is 2.01. The summed E-state index contributed by atoms with van der Waals surface area (Å²) in [6, 6.07) is 3.53. The SMILES string of the molecule is CC(C)(C)OC(=O)N1CCC[C@@H]([S@@](=O)c2ccncc2)C1. The van der Waals surface area contributed by atoms with Crippen LogP contribution in [0.3, 0.4) is 0 Å². The van der Waals surface area contributed by atoms with Crippen LogP contribution in [0, 0.1) is 0 Å². The number of carbonyl (C=O) groups excluding carboxylic acids is 1. The zero-order valence-electron chi connectivity index (χ0n) is 12.7. The molecule has 5 nitrogen and oxygen atoms in total. The van der Waals surface area contributed by atoms with E-state index < -0.39 is 16.4 Å². The molecule has 0 bridgehead atoms. The molecule has 1 saturated heterocycles. The van der Waals surface area contributed by atoms with Gasteiger partial charge in [-0.15, -0.1) is 0 Å². The Morgan fingerprint density at radius 1 is 1.38 bits per heavy atom. The Morgan fingerprint density at radius 2 is 2.05 bits per heavy atom. The van der Waals surface area contributed by atoms with E-state index in [9.17, 15) is 9.00 Å². The maximum atomic E-state index is 12.6. The van der Waals surface area contributed by atoms with Crippen molar-refractivity contribution >= 4 is 16.9 Å². The Morgan fingerprint density at radius 3 is 2.67 bits per heavy atom. The number of amides is 1. The summed E-state index contributed by atoms with van der Waals surface area (Å²) in [4.78, 5) is 18.5. The molecular formula is C15H22N2O3S. The molecule has 6 heteroatoms. The number of hydrogen-bond donors (Lipinski definition) is 0. The Kier molecular flexibility index (Phi) is 4.98. The van der Waals surface area contributed by atoms with E-state index in [0.29, 0.717) is 13.1 Å². The smallest absolute Gasteiger partial charge is 0.410 e. The molecular weight excluding hydrogens is 288 g/mol. The summed E-state index contributed by atoms with van der Waals surface area (Å²) in [5.41, 5.74) is -0.506. The van der Waals surface area contributed by atoms with Gasteiger partial charge in [0.15, 0.2) is 0 Å². The van der Waals surface area contributed by atoms with Crippen molar-refractivity contribution in [2.24, 2.45) is 0 Å². The van der Waals surface area contributed by atoms with Gasteiger partial charge in [0, 0.05) is 30.4 Å². The van der Waals surface area contributed by atoms with Crippen LogP contribution in [-0.4, -0.2) is 44.1 Å². The molecule has 21 heavy (non-hydrogen) atoms. The minimum atomic E-state index is -1.12. The number of carbonyl (C=O) groups is 1. The molecule has 0 saturated carbocycles. The summed E-state index contributed by atoms with van der Waals surface area (Å²) in [7, 11) is -1.12. The average molecular weight is 310 g/mol. The van der Waals surface area contributed by atoms with Crippen molar-refractivity contribution in [3.63, 3.8) is 0 Å². The highest BCUT2D eigenvalue weighted by atomic mass is 32.2. The summed E-state index contributed by atoms with van der Waals surface area (Å²) < 4.78 is 17.9. The van der Waals surface area contributed by atoms with Crippen molar-refractivity contribution < 1.29 is 13.7 Å². The van der Waals surface area contributed by atoms with Gasteiger partial charge in [-0.05, 0) is 45.7 Å². The molecule has 2 atom stereocenters. The lowest BCUT2D eigenvalue weighted by atomic mass is 10.1. The van der Waals surface area contributed by atoms with Gasteiger partial charge >= 0.3 is 6.09 Å². The molecule has 1 aliphatic heterocycles. The van der Waals surface area contributed by atoms with E-state index in [0.717, 1.165) is 17.7 Å². The van der Waals surface area contributed by atoms with E-state index in [1.807, 2.05) is 20.8 Å². The lowest BCUT2D eigenvalue weighted by Crippen LogP contribution is -2.45. The number of ether oxygens (including phenoxy) is 1. The first-order valence-electron chi connectivity index (χ1n) is 7.15. The molecule has 0 aliphatic carbocycles. The molecule has 2 rings (SSSR count). The second-order valence-corrected chi connectivity index (χ2v) is 7.90. The standard InChI is InChI=1S/C15H22N2O3S/c1-15(2,3)20-14(18)17-10-4-5-13(11-17)21(19)12-6-8-16-9-7-12/h6-9,13H,4-5,10-11H2,1-3H3/t13-,21+/m1/s1. The third-order valence-corrected chi connectivity index (χ3v) is 4.94. The van der Waals surface area contributed by atoms with Crippen LogP contribution in [0.5, 0.6) is 0 Å². The van der Waals surface area contributed by atoms with Crippen molar-refractivity contribution in [3.05, 3.63) is 24.5 Å². The van der Waals surface area contributed by atoms with Crippen molar-refractivity contribution in [3.8, 4) is 0 Å². The Bertz CT molecular complexity index is 513. The lowest BCUT2D eigenvalue weighted by Gasteiger charge is -2.33. The number of likely N-dealkylation sites (tertiary alicyclic amines) is 1. The largest absolute Gasteiger partial charge is 0.444 e. The van der Waals surface area contributed by atoms with E-state index in [1.165, 1.54) is 0 Å². The van der Waals surface area contributed by atoms with E-state index in [2.05, 4.69) is 4.98 Å². The first-order chi connectivity index (χ1) is 9.87. The fourth-order valence-corrected chi connectivity index (χ4v) is 3.74. The maximum Gasteiger partial charge on any atom is 0.410 e. The zero-order chi connectivity index (χ0) is 15.5. The normalized spacial score (nSPS) is 20.9. The van der Waals surface area contributed by atoms with E-state index in [4.69, 9.17) is 4.74 Å². The minimum absolute atomic E-state index is 0.0475. The van der Waals surface area contributed by atoms with E-state index in [1.54, 1.807) is 29.4 Å². The summed E-state index contributed by atoms with van der Waals surface area (Å²) in [5.74, 6) is 0. The summed E-state index contributed by atoms with van der Waals surface area (Å²) in [6.07, 6.45) is 4.66. The van der Waals surface area contributed by atoms with Gasteiger partial charge in [0.25, 0.3) is 0 Å². The molecule has 0 aromatic carbocycles. The van der Waals surface area contributed by atoms with Crippen LogP contribution in [0.1, 0.15) is 33.6 Å². The zero-order valence-corrected chi connectivity index (χ0v) is 13.6. The average Bonchev–Trinajstić information content (AvgIpc) is 2.46. The number of aromatic nitrogens is 1. The topological polar surface area (TPSA) is 59.5 Å². The van der Waals surface area contributed by atoms with Gasteiger partial charge in [0.05, 0.1) is 16.0 Å². The van der Waals surface area contributed by atoms with Crippen LogP contribution < -0.4 is 0 Å². The van der Waals surface area contributed by atoms with Gasteiger partial charge < -0.3 is 9.64 Å². The molecule has 1 fully saturated rings. The van der Waals surface area contributed by atoms with Gasteiger partial charge in [-0.2, -0.15) is 0 Å². The molecule has 0 radical (unpaired) electrons. The minimum Gasteiger partial charge on any atom is -0.444 e. The highest BCUT2D eigenvalue weighted by Crippen LogP contribution is 2.21. The van der Waals surface area contributed by atoms with Crippen molar-refractivity contribution in [2.45, 2.75) is 49.4 Å². The summed E-state index contributed by atoms with van der Waals surface area (Å²) >= 11 is 0. The predicted molar refractivity (Wildman–Crippen MR) is 81.5 cm³/mol. The highest BCUT2D eigenvalue weighted by Gasteiger charge is 2.30.